The van der Waals surface area contributed by atoms with Crippen molar-refractivity contribution in [1.82, 2.24) is 25.4 Å². The van der Waals surface area contributed by atoms with Crippen LogP contribution >= 0.6 is 23.4 Å². The first kappa shape index (κ1) is 22.4. The van der Waals surface area contributed by atoms with Crippen molar-refractivity contribution in [2.75, 3.05) is 18.0 Å². The van der Waals surface area contributed by atoms with Crippen molar-refractivity contribution in [3.05, 3.63) is 29.3 Å². The predicted molar refractivity (Wildman–Crippen MR) is 120 cm³/mol. The molecule has 10 heteroatoms. The molecular weight excluding hydrogens is 424 g/mol. The Labute approximate surface area is 185 Å². The summed E-state index contributed by atoms with van der Waals surface area (Å²) in [6.45, 7) is 9.10. The number of hydrogen-bond donors (Lipinski definition) is 2. The van der Waals surface area contributed by atoms with E-state index in [0.29, 0.717) is 10.2 Å². The number of imide groups is 1. The first-order chi connectivity index (χ1) is 14.1. The van der Waals surface area contributed by atoms with E-state index in [-0.39, 0.29) is 0 Å². The molecule has 1 aliphatic rings. The summed E-state index contributed by atoms with van der Waals surface area (Å²) in [6, 6.07) is 6.93. The Kier molecular flexibility index (Phi) is 6.92. The number of nitrogens with one attached hydrogen (secondary N) is 2. The summed E-state index contributed by atoms with van der Waals surface area (Å²) in [5.74, 6) is 0.334. The van der Waals surface area contributed by atoms with Crippen LogP contribution in [0.1, 0.15) is 40.5 Å². The van der Waals surface area contributed by atoms with Gasteiger partial charge in [0, 0.05) is 23.7 Å². The van der Waals surface area contributed by atoms with Gasteiger partial charge in [-0.25, -0.2) is 4.79 Å². The van der Waals surface area contributed by atoms with Crippen LogP contribution in [-0.2, 0) is 4.79 Å². The second-order valence-corrected chi connectivity index (χ2v) is 9.99. The predicted octanol–water partition coefficient (Wildman–Crippen LogP) is 3.63. The number of rotatable bonds is 5. The zero-order valence-electron chi connectivity index (χ0n) is 17.6. The topological polar surface area (TPSA) is 92.2 Å². The zero-order chi connectivity index (χ0) is 21.9. The van der Waals surface area contributed by atoms with E-state index < -0.39 is 22.7 Å². The Morgan fingerprint density at radius 3 is 2.53 bits per heavy atom. The van der Waals surface area contributed by atoms with Crippen molar-refractivity contribution in [2.45, 2.75) is 56.5 Å². The molecule has 2 N–H and O–H groups in total. The Bertz CT molecular complexity index is 920. The van der Waals surface area contributed by atoms with E-state index >= 15 is 0 Å². The highest BCUT2D eigenvalue weighted by molar-refractivity contribution is 8.00. The lowest BCUT2D eigenvalue weighted by molar-refractivity contribution is -0.119. The van der Waals surface area contributed by atoms with Gasteiger partial charge in [0.1, 0.15) is 0 Å². The molecule has 0 unspecified atom stereocenters. The monoisotopic (exact) mass is 450 g/mol. The van der Waals surface area contributed by atoms with Crippen molar-refractivity contribution in [3.63, 3.8) is 0 Å². The van der Waals surface area contributed by atoms with Crippen LogP contribution in [0.4, 0.5) is 10.7 Å². The SMILES string of the molecule is C[C@H](Sc1nnc(N2CCCC2)n1-c1cccc(Cl)c1)C(=O)NC(=O)NC(C)(C)C. The first-order valence-electron chi connectivity index (χ1n) is 9.90. The summed E-state index contributed by atoms with van der Waals surface area (Å²) in [5.41, 5.74) is 0.396. The molecular formula is C20H27ClN6O2S. The van der Waals surface area contributed by atoms with Crippen LogP contribution in [0.15, 0.2) is 29.4 Å². The lowest BCUT2D eigenvalue weighted by Gasteiger charge is -2.21. The van der Waals surface area contributed by atoms with E-state index in [1.165, 1.54) is 11.8 Å². The van der Waals surface area contributed by atoms with Gasteiger partial charge in [-0.1, -0.05) is 29.4 Å². The molecule has 1 aromatic carbocycles. The number of anilines is 1. The molecule has 8 nitrogen and oxygen atoms in total. The molecule has 0 aliphatic carbocycles. The molecule has 1 aromatic heterocycles. The highest BCUT2D eigenvalue weighted by Gasteiger charge is 2.26. The van der Waals surface area contributed by atoms with Crippen molar-refractivity contribution < 1.29 is 9.59 Å². The maximum atomic E-state index is 12.5. The molecule has 0 radical (unpaired) electrons. The Balaban J connectivity index is 1.81. The molecule has 0 bridgehead atoms. The van der Waals surface area contributed by atoms with Crippen molar-refractivity contribution in [3.8, 4) is 5.69 Å². The number of carbonyl (C=O) groups excluding carboxylic acids is 2. The van der Waals surface area contributed by atoms with Crippen LogP contribution in [0, 0.1) is 0 Å². The van der Waals surface area contributed by atoms with Gasteiger partial charge in [0.25, 0.3) is 0 Å². The van der Waals surface area contributed by atoms with Gasteiger partial charge in [0.15, 0.2) is 5.16 Å². The normalized spacial score (nSPS) is 15.2. The minimum atomic E-state index is -0.552. The van der Waals surface area contributed by atoms with Gasteiger partial charge in [-0.05, 0) is 58.7 Å². The molecule has 3 amide bonds. The summed E-state index contributed by atoms with van der Waals surface area (Å²) in [7, 11) is 0. The van der Waals surface area contributed by atoms with E-state index in [2.05, 4.69) is 25.7 Å². The summed E-state index contributed by atoms with van der Waals surface area (Å²) in [6.07, 6.45) is 2.21. The number of amides is 3. The molecule has 0 saturated carbocycles. The maximum absolute atomic E-state index is 12.5. The van der Waals surface area contributed by atoms with Crippen molar-refractivity contribution in [1.29, 1.82) is 0 Å². The summed E-state index contributed by atoms with van der Waals surface area (Å²) >= 11 is 7.46. The number of benzene rings is 1. The van der Waals surface area contributed by atoms with Gasteiger partial charge in [0.2, 0.25) is 11.9 Å². The third-order valence-electron chi connectivity index (χ3n) is 4.45. The number of hydrogen-bond acceptors (Lipinski definition) is 6. The van der Waals surface area contributed by atoms with Crippen LogP contribution in [0.3, 0.4) is 0 Å². The Morgan fingerprint density at radius 1 is 1.20 bits per heavy atom. The van der Waals surface area contributed by atoms with E-state index in [1.54, 1.807) is 6.92 Å². The number of urea groups is 1. The molecule has 162 valence electrons. The minimum Gasteiger partial charge on any atom is -0.341 e. The van der Waals surface area contributed by atoms with Crippen LogP contribution in [-0.4, -0.2) is 50.6 Å². The van der Waals surface area contributed by atoms with Crippen LogP contribution in [0.25, 0.3) is 5.69 Å². The van der Waals surface area contributed by atoms with Gasteiger partial charge < -0.3 is 10.2 Å². The molecule has 3 rings (SSSR count). The average molecular weight is 451 g/mol. The molecule has 2 aromatic rings. The molecule has 0 spiro atoms. The van der Waals surface area contributed by atoms with Crippen LogP contribution in [0.5, 0.6) is 0 Å². The Morgan fingerprint density at radius 2 is 1.90 bits per heavy atom. The molecule has 1 fully saturated rings. The fraction of sp³-hybridized carbons (Fsp3) is 0.500. The second kappa shape index (κ2) is 9.26. The highest BCUT2D eigenvalue weighted by atomic mass is 35.5. The average Bonchev–Trinajstić information content (AvgIpc) is 3.29. The summed E-state index contributed by atoms with van der Waals surface area (Å²) in [5, 5.41) is 14.5. The minimum absolute atomic E-state index is 0.398. The third-order valence-corrected chi connectivity index (χ3v) is 5.73. The molecule has 2 heterocycles. The Hall–Kier alpha value is -2.26. The van der Waals surface area contributed by atoms with Crippen molar-refractivity contribution >= 4 is 41.2 Å². The second-order valence-electron chi connectivity index (χ2n) is 8.25. The standard InChI is InChI=1S/C20H27ClN6O2S/c1-13(16(28)22-17(29)23-20(2,3)4)30-19-25-24-18(26-10-5-6-11-26)27(19)15-9-7-8-14(21)12-15/h7-9,12-13H,5-6,10-11H2,1-4H3,(H2,22,23,28,29)/t13-/m0/s1. The fourth-order valence-corrected chi connectivity index (χ4v) is 4.15. The molecule has 1 saturated heterocycles. The zero-order valence-corrected chi connectivity index (χ0v) is 19.2. The van der Waals surface area contributed by atoms with Gasteiger partial charge in [-0.2, -0.15) is 0 Å². The number of halogens is 1. The molecule has 1 aliphatic heterocycles. The largest absolute Gasteiger partial charge is 0.341 e. The number of aromatic nitrogens is 3. The van der Waals surface area contributed by atoms with Crippen LogP contribution < -0.4 is 15.5 Å². The lowest BCUT2D eigenvalue weighted by Crippen LogP contribution is -2.49. The van der Waals surface area contributed by atoms with Crippen LogP contribution in [0.2, 0.25) is 5.02 Å². The quantitative estimate of drug-likeness (QED) is 0.676. The van der Waals surface area contributed by atoms with Gasteiger partial charge in [-0.3, -0.25) is 14.7 Å². The highest BCUT2D eigenvalue weighted by Crippen LogP contribution is 2.31. The van der Waals surface area contributed by atoms with E-state index in [9.17, 15) is 9.59 Å². The smallest absolute Gasteiger partial charge is 0.321 e. The van der Waals surface area contributed by atoms with Gasteiger partial charge >= 0.3 is 6.03 Å². The van der Waals surface area contributed by atoms with E-state index in [4.69, 9.17) is 11.6 Å². The van der Waals surface area contributed by atoms with Gasteiger partial charge in [0.05, 0.1) is 10.9 Å². The van der Waals surface area contributed by atoms with Crippen molar-refractivity contribution in [2.24, 2.45) is 0 Å². The molecule has 1 atom stereocenters. The first-order valence-corrected chi connectivity index (χ1v) is 11.2. The number of thioether (sulfide) groups is 1. The maximum Gasteiger partial charge on any atom is 0.321 e. The summed E-state index contributed by atoms with van der Waals surface area (Å²) < 4.78 is 1.92. The van der Waals surface area contributed by atoms with Gasteiger partial charge in [-0.15, -0.1) is 10.2 Å². The van der Waals surface area contributed by atoms with E-state index in [0.717, 1.165) is 37.6 Å². The molecule has 30 heavy (non-hydrogen) atoms. The third kappa shape index (κ3) is 5.66. The van der Waals surface area contributed by atoms with E-state index in [1.807, 2.05) is 49.6 Å². The fourth-order valence-electron chi connectivity index (χ4n) is 3.10. The summed E-state index contributed by atoms with van der Waals surface area (Å²) in [4.78, 5) is 26.7. The lowest BCUT2D eigenvalue weighted by atomic mass is 10.1. The number of carbonyl (C=O) groups is 2. The number of nitrogens with zero attached hydrogens (tertiary/aromatic N) is 4.